The van der Waals surface area contributed by atoms with Crippen LogP contribution in [-0.2, 0) is 7.05 Å². The number of aryl methyl sites for hydroxylation is 1. The standard InChI is InChI=1S/C17H13N7/c1-23-9-12(7-21-23)15-3-2-13-14(8-19-16(13)22-15)11-6-20-17-18-4-5-24(17)10-11/h2-10H,1H3,(H,19,22). The summed E-state index contributed by atoms with van der Waals surface area (Å²) in [6.07, 6.45) is 13.2. The molecule has 5 aromatic heterocycles. The van der Waals surface area contributed by atoms with Crippen LogP contribution in [0.25, 0.3) is 39.2 Å². The van der Waals surface area contributed by atoms with Crippen LogP contribution in [0.1, 0.15) is 0 Å². The Kier molecular flexibility index (Phi) is 2.58. The predicted molar refractivity (Wildman–Crippen MR) is 90.3 cm³/mol. The molecule has 0 aliphatic rings. The van der Waals surface area contributed by atoms with Crippen molar-refractivity contribution in [2.24, 2.45) is 7.05 Å². The second kappa shape index (κ2) is 4.76. The van der Waals surface area contributed by atoms with Crippen molar-refractivity contribution in [1.29, 1.82) is 0 Å². The molecule has 7 nitrogen and oxygen atoms in total. The summed E-state index contributed by atoms with van der Waals surface area (Å²) in [6.45, 7) is 0. The lowest BCUT2D eigenvalue weighted by atomic mass is 10.1. The lowest BCUT2D eigenvalue weighted by Crippen LogP contribution is -1.89. The molecule has 1 N–H and O–H groups in total. The number of fused-ring (bicyclic) bond motifs is 2. The molecule has 7 heteroatoms. The van der Waals surface area contributed by atoms with Crippen molar-refractivity contribution in [3.63, 3.8) is 0 Å². The Labute approximate surface area is 136 Å². The molecule has 24 heavy (non-hydrogen) atoms. The molecular formula is C17H13N7. The van der Waals surface area contributed by atoms with E-state index in [1.807, 2.05) is 54.7 Å². The fourth-order valence-corrected chi connectivity index (χ4v) is 2.91. The van der Waals surface area contributed by atoms with Gasteiger partial charge in [0.2, 0.25) is 5.78 Å². The summed E-state index contributed by atoms with van der Waals surface area (Å²) in [5.74, 6) is 0.690. The highest BCUT2D eigenvalue weighted by Gasteiger charge is 2.11. The molecular weight excluding hydrogens is 302 g/mol. The Bertz CT molecular complexity index is 1180. The van der Waals surface area contributed by atoms with Crippen molar-refractivity contribution in [3.8, 4) is 22.4 Å². The minimum Gasteiger partial charge on any atom is -0.345 e. The lowest BCUT2D eigenvalue weighted by molar-refractivity contribution is 0.768. The Morgan fingerprint density at radius 3 is 2.88 bits per heavy atom. The highest BCUT2D eigenvalue weighted by Crippen LogP contribution is 2.29. The van der Waals surface area contributed by atoms with Crippen LogP contribution in [0.15, 0.2) is 55.5 Å². The Morgan fingerprint density at radius 1 is 1.04 bits per heavy atom. The third-order valence-electron chi connectivity index (χ3n) is 4.10. The Balaban J connectivity index is 1.64. The van der Waals surface area contributed by atoms with Crippen LogP contribution in [0, 0.1) is 0 Å². The van der Waals surface area contributed by atoms with Crippen molar-refractivity contribution in [1.82, 2.24) is 34.1 Å². The largest absolute Gasteiger partial charge is 0.345 e. The number of aromatic amines is 1. The van der Waals surface area contributed by atoms with E-state index in [0.29, 0.717) is 5.78 Å². The van der Waals surface area contributed by atoms with Gasteiger partial charge in [-0.05, 0) is 12.1 Å². The number of nitrogens with one attached hydrogen (secondary N) is 1. The number of H-pyrrole nitrogens is 1. The zero-order chi connectivity index (χ0) is 16.1. The predicted octanol–water partition coefficient (Wildman–Crippen LogP) is 2.67. The first-order valence-corrected chi connectivity index (χ1v) is 7.54. The number of hydrogen-bond donors (Lipinski definition) is 1. The molecule has 0 aliphatic heterocycles. The van der Waals surface area contributed by atoms with Gasteiger partial charge in [-0.2, -0.15) is 5.10 Å². The van der Waals surface area contributed by atoms with Crippen LogP contribution >= 0.6 is 0 Å². The summed E-state index contributed by atoms with van der Waals surface area (Å²) in [4.78, 5) is 16.5. The van der Waals surface area contributed by atoms with Crippen molar-refractivity contribution in [2.45, 2.75) is 0 Å². The van der Waals surface area contributed by atoms with Gasteiger partial charge in [0.15, 0.2) is 0 Å². The van der Waals surface area contributed by atoms with E-state index in [-0.39, 0.29) is 0 Å². The average molecular weight is 315 g/mol. The van der Waals surface area contributed by atoms with E-state index >= 15 is 0 Å². The monoisotopic (exact) mass is 315 g/mol. The van der Waals surface area contributed by atoms with Crippen molar-refractivity contribution < 1.29 is 0 Å². The number of hydrogen-bond acceptors (Lipinski definition) is 4. The summed E-state index contributed by atoms with van der Waals surface area (Å²) in [7, 11) is 1.90. The van der Waals surface area contributed by atoms with Crippen LogP contribution in [0.4, 0.5) is 0 Å². The number of nitrogens with zero attached hydrogens (tertiary/aromatic N) is 6. The zero-order valence-corrected chi connectivity index (χ0v) is 12.9. The molecule has 0 unspecified atom stereocenters. The van der Waals surface area contributed by atoms with Crippen LogP contribution in [0.3, 0.4) is 0 Å². The maximum absolute atomic E-state index is 4.71. The SMILES string of the molecule is Cn1cc(-c2ccc3c(-c4cnc5nccn5c4)c[nH]c3n2)cn1. The lowest BCUT2D eigenvalue weighted by Gasteiger charge is -2.01. The molecule has 0 radical (unpaired) electrons. The van der Waals surface area contributed by atoms with E-state index in [9.17, 15) is 0 Å². The first-order valence-electron chi connectivity index (χ1n) is 7.54. The Morgan fingerprint density at radius 2 is 2.00 bits per heavy atom. The maximum Gasteiger partial charge on any atom is 0.233 e. The smallest absolute Gasteiger partial charge is 0.233 e. The minimum atomic E-state index is 0.690. The van der Waals surface area contributed by atoms with Gasteiger partial charge < -0.3 is 4.98 Å². The quantitative estimate of drug-likeness (QED) is 0.543. The molecule has 0 aromatic carbocycles. The van der Waals surface area contributed by atoms with Crippen molar-refractivity contribution in [2.75, 3.05) is 0 Å². The number of aromatic nitrogens is 7. The van der Waals surface area contributed by atoms with Crippen LogP contribution < -0.4 is 0 Å². The second-order valence-corrected chi connectivity index (χ2v) is 5.67. The third-order valence-corrected chi connectivity index (χ3v) is 4.10. The molecule has 5 rings (SSSR count). The van der Waals surface area contributed by atoms with Gasteiger partial charge in [0.05, 0.1) is 11.9 Å². The summed E-state index contributed by atoms with van der Waals surface area (Å²) < 4.78 is 3.68. The zero-order valence-electron chi connectivity index (χ0n) is 12.9. The summed E-state index contributed by atoms with van der Waals surface area (Å²) in [6, 6.07) is 4.09. The fraction of sp³-hybridized carbons (Fsp3) is 0.0588. The molecule has 0 bridgehead atoms. The maximum atomic E-state index is 4.71. The minimum absolute atomic E-state index is 0.690. The van der Waals surface area contributed by atoms with Crippen LogP contribution in [-0.4, -0.2) is 34.1 Å². The van der Waals surface area contributed by atoms with Crippen LogP contribution in [0.2, 0.25) is 0 Å². The third kappa shape index (κ3) is 1.91. The number of pyridine rings is 1. The van der Waals surface area contributed by atoms with Crippen molar-refractivity contribution >= 4 is 16.8 Å². The highest BCUT2D eigenvalue weighted by molar-refractivity contribution is 5.94. The second-order valence-electron chi connectivity index (χ2n) is 5.67. The van der Waals surface area contributed by atoms with E-state index in [0.717, 1.165) is 33.4 Å². The molecule has 0 saturated heterocycles. The number of rotatable bonds is 2. The molecule has 0 amide bonds. The summed E-state index contributed by atoms with van der Waals surface area (Å²) in [5.41, 5.74) is 4.82. The number of imidazole rings is 1. The van der Waals surface area contributed by atoms with Gasteiger partial charge in [0.25, 0.3) is 0 Å². The molecule has 0 atom stereocenters. The average Bonchev–Trinajstić information content (AvgIpc) is 3.32. The molecule has 0 aliphatic carbocycles. The Hall–Kier alpha value is -3.48. The van der Waals surface area contributed by atoms with Crippen LogP contribution in [0.5, 0.6) is 0 Å². The van der Waals surface area contributed by atoms with Gasteiger partial charge in [-0.15, -0.1) is 0 Å². The molecule has 5 aromatic rings. The molecule has 0 spiro atoms. The van der Waals surface area contributed by atoms with Gasteiger partial charge in [-0.25, -0.2) is 15.0 Å². The topological polar surface area (TPSA) is 76.7 Å². The fourth-order valence-electron chi connectivity index (χ4n) is 2.91. The molecule has 5 heterocycles. The molecule has 0 saturated carbocycles. The van der Waals surface area contributed by atoms with Crippen molar-refractivity contribution in [3.05, 3.63) is 55.5 Å². The molecule has 0 fully saturated rings. The van der Waals surface area contributed by atoms with E-state index in [1.165, 1.54) is 0 Å². The first kappa shape index (κ1) is 13.0. The van der Waals surface area contributed by atoms with Gasteiger partial charge in [0.1, 0.15) is 5.65 Å². The van der Waals surface area contributed by atoms with E-state index in [4.69, 9.17) is 4.98 Å². The first-order chi connectivity index (χ1) is 11.8. The normalized spacial score (nSPS) is 11.5. The van der Waals surface area contributed by atoms with E-state index in [2.05, 4.69) is 26.1 Å². The van der Waals surface area contributed by atoms with Gasteiger partial charge in [-0.1, -0.05) is 0 Å². The molecule has 116 valence electrons. The summed E-state index contributed by atoms with van der Waals surface area (Å²) in [5, 5.41) is 5.26. The van der Waals surface area contributed by atoms with E-state index in [1.54, 1.807) is 10.9 Å². The van der Waals surface area contributed by atoms with E-state index < -0.39 is 0 Å². The van der Waals surface area contributed by atoms with Gasteiger partial charge in [-0.3, -0.25) is 9.08 Å². The highest BCUT2D eigenvalue weighted by atomic mass is 15.2. The summed E-state index contributed by atoms with van der Waals surface area (Å²) >= 11 is 0. The van der Waals surface area contributed by atoms with Gasteiger partial charge in [0, 0.05) is 66.3 Å². The van der Waals surface area contributed by atoms with Gasteiger partial charge >= 0.3 is 0 Å².